The van der Waals surface area contributed by atoms with Gasteiger partial charge >= 0.3 is 0 Å². The summed E-state index contributed by atoms with van der Waals surface area (Å²) in [6.07, 6.45) is 38.3. The fourth-order valence-corrected chi connectivity index (χ4v) is 7.60. The van der Waals surface area contributed by atoms with Gasteiger partial charge in [0.15, 0.2) is 0 Å². The van der Waals surface area contributed by atoms with E-state index in [4.69, 9.17) is 0 Å². The van der Waals surface area contributed by atoms with Gasteiger partial charge in [-0.05, 0) is 25.2 Å². The van der Waals surface area contributed by atoms with Crippen molar-refractivity contribution in [3.63, 3.8) is 0 Å². The second kappa shape index (κ2) is 33.7. The Balaban J connectivity index is 0. The van der Waals surface area contributed by atoms with Gasteiger partial charge in [0.2, 0.25) is 0 Å². The molecule has 0 aromatic carbocycles. The molecule has 1 unspecified atom stereocenters. The van der Waals surface area contributed by atoms with Crippen LogP contribution in [-0.2, 0) is 10.1 Å². The Bertz CT molecular complexity index is 582. The number of aliphatic hydroxyl groups excluding tert-OH is 1. The molecule has 0 spiro atoms. The van der Waals surface area contributed by atoms with E-state index in [1.165, 1.54) is 154 Å². The quantitative estimate of drug-likeness (QED) is 0.0550. The average Bonchev–Trinajstić information content (AvgIpc) is 2.94. The zero-order valence-corrected chi connectivity index (χ0v) is 29.7. The van der Waals surface area contributed by atoms with Gasteiger partial charge in [-0.1, -0.05) is 194 Å². The predicted molar refractivity (Wildman–Crippen MR) is 185 cm³/mol. The SMILES string of the molecule is CCCCCCCCCCCCCCCCC(CCCCCCCCCCCCCCCC)C(CCO)S(=O)(=O)[O-].[NH4+]. The molecule has 0 aliphatic carbocycles. The first-order chi connectivity index (χ1) is 20.0. The second-order valence-electron chi connectivity index (χ2n) is 13.1. The van der Waals surface area contributed by atoms with Crippen LogP contribution in [0.1, 0.15) is 213 Å². The first kappa shape index (κ1) is 44.0. The van der Waals surface area contributed by atoms with E-state index in [2.05, 4.69) is 13.8 Å². The normalized spacial score (nSPS) is 12.6. The van der Waals surface area contributed by atoms with E-state index < -0.39 is 15.4 Å². The molecule has 0 heterocycles. The van der Waals surface area contributed by atoms with Gasteiger partial charge in [-0.2, -0.15) is 0 Å². The number of aliphatic hydroxyl groups is 1. The summed E-state index contributed by atoms with van der Waals surface area (Å²) in [6, 6.07) is 0. The molecule has 1 atom stereocenters. The van der Waals surface area contributed by atoms with Crippen molar-refractivity contribution in [1.29, 1.82) is 0 Å². The van der Waals surface area contributed by atoms with E-state index >= 15 is 0 Å². The highest BCUT2D eigenvalue weighted by Gasteiger charge is 2.26. The van der Waals surface area contributed by atoms with Crippen LogP contribution in [0, 0.1) is 5.92 Å². The third-order valence-electron chi connectivity index (χ3n) is 9.17. The van der Waals surface area contributed by atoms with Gasteiger partial charge in [0.25, 0.3) is 0 Å². The molecule has 0 aromatic rings. The first-order valence-electron chi connectivity index (χ1n) is 18.5. The summed E-state index contributed by atoms with van der Waals surface area (Å²) in [4.78, 5) is 0. The molecule has 256 valence electrons. The number of unbranched alkanes of at least 4 members (excludes halogenated alkanes) is 26. The lowest BCUT2D eigenvalue weighted by molar-refractivity contribution is 0.256. The molecule has 0 rings (SSSR count). The first-order valence-corrected chi connectivity index (χ1v) is 20.0. The summed E-state index contributed by atoms with van der Waals surface area (Å²) < 4.78 is 36.0. The van der Waals surface area contributed by atoms with Crippen LogP contribution in [0.4, 0.5) is 0 Å². The average molecular weight is 620 g/mol. The number of hydrogen-bond donors (Lipinski definition) is 2. The van der Waals surface area contributed by atoms with Crippen molar-refractivity contribution in [2.24, 2.45) is 5.92 Å². The maximum Gasteiger partial charge on any atom is 0.0979 e. The Labute approximate surface area is 264 Å². The predicted octanol–water partition coefficient (Wildman–Crippen LogP) is 12.0. The Morgan fingerprint density at radius 3 is 0.905 bits per heavy atom. The molecule has 5 N–H and O–H groups in total. The Hall–Kier alpha value is -0.170. The monoisotopic (exact) mass is 620 g/mol. The molecule has 0 radical (unpaired) electrons. The number of quaternary nitrogens is 1. The van der Waals surface area contributed by atoms with E-state index in [0.29, 0.717) is 0 Å². The van der Waals surface area contributed by atoms with E-state index in [1.54, 1.807) is 0 Å². The molecule has 42 heavy (non-hydrogen) atoms. The van der Waals surface area contributed by atoms with Crippen molar-refractivity contribution >= 4 is 10.1 Å². The highest BCUT2D eigenvalue weighted by atomic mass is 32.2. The summed E-state index contributed by atoms with van der Waals surface area (Å²) in [5, 5.41) is 8.51. The van der Waals surface area contributed by atoms with Crippen molar-refractivity contribution < 1.29 is 18.1 Å². The summed E-state index contributed by atoms with van der Waals surface area (Å²) >= 11 is 0. The van der Waals surface area contributed by atoms with Gasteiger partial charge in [-0.15, -0.1) is 0 Å². The fourth-order valence-electron chi connectivity index (χ4n) is 6.46. The van der Waals surface area contributed by atoms with Gasteiger partial charge in [-0.25, -0.2) is 8.42 Å². The van der Waals surface area contributed by atoms with Crippen LogP contribution in [-0.4, -0.2) is 29.9 Å². The van der Waals surface area contributed by atoms with Gasteiger partial charge in [0, 0.05) is 6.61 Å². The van der Waals surface area contributed by atoms with Crippen LogP contribution in [0.25, 0.3) is 0 Å². The lowest BCUT2D eigenvalue weighted by Crippen LogP contribution is -2.31. The molecule has 0 fully saturated rings. The van der Waals surface area contributed by atoms with Gasteiger partial charge in [-0.3, -0.25) is 0 Å². The van der Waals surface area contributed by atoms with E-state index in [1.807, 2.05) is 0 Å². The molecule has 0 saturated heterocycles. The van der Waals surface area contributed by atoms with E-state index in [9.17, 15) is 18.1 Å². The van der Waals surface area contributed by atoms with Crippen molar-refractivity contribution in [2.75, 3.05) is 6.61 Å². The standard InChI is InChI=1S/C36H74O4S.H3N/c1-3-5-7-9-11-13-15-17-19-21-23-25-27-29-31-35(36(33-34-37)41(38,39)40)32-30-28-26-24-22-20-18-16-14-12-10-8-6-4-2;/h35-37H,3-34H2,1-2H3,(H,38,39,40);1H3. The molecular weight excluding hydrogens is 542 g/mol. The van der Waals surface area contributed by atoms with Crippen LogP contribution in [0.2, 0.25) is 0 Å². The molecule has 0 amide bonds. The maximum absolute atomic E-state index is 12.0. The Morgan fingerprint density at radius 1 is 0.452 bits per heavy atom. The Kier molecular flexibility index (Phi) is 35.3. The van der Waals surface area contributed by atoms with Crippen LogP contribution < -0.4 is 6.15 Å². The molecule has 5 nitrogen and oxygen atoms in total. The third-order valence-corrected chi connectivity index (χ3v) is 10.5. The lowest BCUT2D eigenvalue weighted by Gasteiger charge is -2.29. The van der Waals surface area contributed by atoms with Crippen molar-refractivity contribution in [3.8, 4) is 0 Å². The highest BCUT2D eigenvalue weighted by molar-refractivity contribution is 7.86. The number of rotatable bonds is 34. The van der Waals surface area contributed by atoms with Crippen LogP contribution >= 0.6 is 0 Å². The topological polar surface area (TPSA) is 114 Å². The Morgan fingerprint density at radius 2 is 0.690 bits per heavy atom. The zero-order valence-electron chi connectivity index (χ0n) is 28.9. The maximum atomic E-state index is 12.0. The molecule has 0 aromatic heterocycles. The lowest BCUT2D eigenvalue weighted by atomic mass is 9.90. The minimum Gasteiger partial charge on any atom is -0.748 e. The largest absolute Gasteiger partial charge is 0.748 e. The zero-order chi connectivity index (χ0) is 30.3. The van der Waals surface area contributed by atoms with Gasteiger partial charge in [0.05, 0.1) is 15.4 Å². The van der Waals surface area contributed by atoms with Crippen LogP contribution in [0.15, 0.2) is 0 Å². The molecule has 0 aliphatic heterocycles. The van der Waals surface area contributed by atoms with Crippen LogP contribution in [0.5, 0.6) is 0 Å². The van der Waals surface area contributed by atoms with E-state index in [-0.39, 0.29) is 25.1 Å². The molecule has 0 saturated carbocycles. The van der Waals surface area contributed by atoms with Crippen molar-refractivity contribution in [3.05, 3.63) is 0 Å². The minimum atomic E-state index is -4.37. The molecule has 6 heteroatoms. The molecular formula is C36H77NO4S. The van der Waals surface area contributed by atoms with Crippen LogP contribution in [0.3, 0.4) is 0 Å². The van der Waals surface area contributed by atoms with Crippen molar-refractivity contribution in [1.82, 2.24) is 6.15 Å². The summed E-state index contributed by atoms with van der Waals surface area (Å²) in [7, 11) is -4.37. The summed E-state index contributed by atoms with van der Waals surface area (Å²) in [5.74, 6) is -0.0979. The minimum absolute atomic E-state index is 0. The second-order valence-corrected chi connectivity index (χ2v) is 14.7. The number of hydrogen-bond acceptors (Lipinski definition) is 4. The third kappa shape index (κ3) is 29.9. The summed E-state index contributed by atoms with van der Waals surface area (Å²) in [6.45, 7) is 4.32. The smallest absolute Gasteiger partial charge is 0.0979 e. The van der Waals surface area contributed by atoms with Crippen molar-refractivity contribution in [2.45, 2.75) is 218 Å². The molecule has 0 bridgehead atoms. The molecule has 0 aliphatic rings. The van der Waals surface area contributed by atoms with E-state index in [0.717, 1.165) is 38.5 Å². The highest BCUT2D eigenvalue weighted by Crippen LogP contribution is 2.28. The summed E-state index contributed by atoms with van der Waals surface area (Å²) in [5.41, 5.74) is 0. The van der Waals surface area contributed by atoms with Gasteiger partial charge < -0.3 is 15.8 Å². The fraction of sp³-hybridized carbons (Fsp3) is 1.00. The van der Waals surface area contributed by atoms with Gasteiger partial charge in [0.1, 0.15) is 0 Å².